The first-order valence-corrected chi connectivity index (χ1v) is 8.89. The monoisotopic (exact) mass is 293 g/mol. The Morgan fingerprint density at radius 3 is 2.38 bits per heavy atom. The Morgan fingerprint density at radius 2 is 1.81 bits per heavy atom. The molecule has 0 amide bonds. The lowest BCUT2D eigenvalue weighted by atomic mass is 9.72. The second kappa shape index (κ2) is 5.48. The second-order valence-electron chi connectivity index (χ2n) is 8.07. The molecule has 0 N–H and O–H groups in total. The minimum atomic E-state index is 0.544. The summed E-state index contributed by atoms with van der Waals surface area (Å²) < 4.78 is 5.44. The van der Waals surface area contributed by atoms with Crippen LogP contribution in [-0.4, -0.2) is 85.8 Å². The Bertz CT molecular complexity index is 368. The highest BCUT2D eigenvalue weighted by Crippen LogP contribution is 2.45. The van der Waals surface area contributed by atoms with E-state index in [1.165, 1.54) is 71.4 Å². The fourth-order valence-electron chi connectivity index (χ4n) is 4.98. The second-order valence-corrected chi connectivity index (χ2v) is 8.07. The van der Waals surface area contributed by atoms with Crippen LogP contribution in [0, 0.1) is 5.92 Å². The summed E-state index contributed by atoms with van der Waals surface area (Å²) in [7, 11) is 4.12. The molecule has 4 fully saturated rings. The molecule has 0 aromatic rings. The van der Waals surface area contributed by atoms with Crippen molar-refractivity contribution in [3.8, 4) is 0 Å². The zero-order valence-electron chi connectivity index (χ0n) is 13.8. The van der Waals surface area contributed by atoms with Crippen LogP contribution >= 0.6 is 0 Å². The van der Waals surface area contributed by atoms with Crippen LogP contribution in [0.15, 0.2) is 0 Å². The van der Waals surface area contributed by atoms with Gasteiger partial charge >= 0.3 is 0 Å². The van der Waals surface area contributed by atoms with E-state index in [-0.39, 0.29) is 0 Å². The maximum atomic E-state index is 5.44. The predicted octanol–water partition coefficient (Wildman–Crippen LogP) is 1.27. The summed E-state index contributed by atoms with van der Waals surface area (Å²) in [5.74, 6) is 0.952. The van der Waals surface area contributed by atoms with Crippen molar-refractivity contribution >= 4 is 0 Å². The van der Waals surface area contributed by atoms with Crippen molar-refractivity contribution in [1.29, 1.82) is 0 Å². The number of hydrogen-bond donors (Lipinski definition) is 0. The molecule has 0 bridgehead atoms. The van der Waals surface area contributed by atoms with Gasteiger partial charge in [-0.05, 0) is 58.2 Å². The molecule has 3 heterocycles. The van der Waals surface area contributed by atoms with Crippen LogP contribution < -0.4 is 0 Å². The lowest BCUT2D eigenvalue weighted by Gasteiger charge is -2.67. The quantitative estimate of drug-likeness (QED) is 0.777. The number of hydrogen-bond acceptors (Lipinski definition) is 4. The van der Waals surface area contributed by atoms with Gasteiger partial charge in [-0.3, -0.25) is 9.80 Å². The molecule has 1 aliphatic carbocycles. The van der Waals surface area contributed by atoms with Crippen LogP contribution in [0.4, 0.5) is 0 Å². The average Bonchev–Trinajstić information content (AvgIpc) is 2.37. The summed E-state index contributed by atoms with van der Waals surface area (Å²) in [4.78, 5) is 8.02. The van der Waals surface area contributed by atoms with Gasteiger partial charge in [-0.15, -0.1) is 0 Å². The molecule has 0 aromatic carbocycles. The lowest BCUT2D eigenvalue weighted by molar-refractivity contribution is -0.177. The van der Waals surface area contributed by atoms with Crippen molar-refractivity contribution in [1.82, 2.24) is 14.7 Å². The minimum Gasteiger partial charge on any atom is -0.381 e. The number of likely N-dealkylation sites (tertiary alicyclic amines) is 3. The topological polar surface area (TPSA) is 19.0 Å². The smallest absolute Gasteiger partial charge is 0.0601 e. The summed E-state index contributed by atoms with van der Waals surface area (Å²) in [5, 5.41) is 0. The van der Waals surface area contributed by atoms with Gasteiger partial charge in [0.1, 0.15) is 0 Å². The van der Waals surface area contributed by atoms with Gasteiger partial charge in [0.25, 0.3) is 0 Å². The highest BCUT2D eigenvalue weighted by atomic mass is 16.5. The first-order valence-electron chi connectivity index (χ1n) is 8.89. The zero-order chi connectivity index (χ0) is 14.4. The predicted molar refractivity (Wildman–Crippen MR) is 84.5 cm³/mol. The largest absolute Gasteiger partial charge is 0.381 e. The molecule has 4 nitrogen and oxygen atoms in total. The van der Waals surface area contributed by atoms with E-state index in [0.717, 1.165) is 12.0 Å². The van der Waals surface area contributed by atoms with E-state index in [0.29, 0.717) is 11.6 Å². The van der Waals surface area contributed by atoms with E-state index < -0.39 is 0 Å². The third kappa shape index (κ3) is 2.54. The van der Waals surface area contributed by atoms with Crippen molar-refractivity contribution in [2.45, 2.75) is 49.8 Å². The zero-order valence-corrected chi connectivity index (χ0v) is 13.8. The average molecular weight is 293 g/mol. The van der Waals surface area contributed by atoms with Crippen LogP contribution in [0.1, 0.15) is 32.1 Å². The molecule has 0 aromatic heterocycles. The van der Waals surface area contributed by atoms with Gasteiger partial charge in [0.05, 0.1) is 6.10 Å². The van der Waals surface area contributed by atoms with Crippen molar-refractivity contribution in [3.05, 3.63) is 0 Å². The molecular weight excluding hydrogens is 262 g/mol. The van der Waals surface area contributed by atoms with E-state index in [1.54, 1.807) is 0 Å². The summed E-state index contributed by atoms with van der Waals surface area (Å²) in [6.45, 7) is 7.98. The first-order chi connectivity index (χ1) is 10.2. The van der Waals surface area contributed by atoms with Gasteiger partial charge in [0.2, 0.25) is 0 Å². The number of rotatable bonds is 4. The molecule has 1 saturated carbocycles. The molecule has 4 aliphatic rings. The summed E-state index contributed by atoms with van der Waals surface area (Å²) in [5.41, 5.74) is 0.578. The number of methoxy groups -OCH3 is 1. The summed E-state index contributed by atoms with van der Waals surface area (Å²) >= 11 is 0. The third-order valence-electron chi connectivity index (χ3n) is 6.66. The molecule has 0 unspecified atom stereocenters. The van der Waals surface area contributed by atoms with Gasteiger partial charge in [-0.1, -0.05) is 0 Å². The highest BCUT2D eigenvalue weighted by molar-refractivity contribution is 5.14. The molecule has 3 aliphatic heterocycles. The Kier molecular flexibility index (Phi) is 3.77. The van der Waals surface area contributed by atoms with Crippen molar-refractivity contribution in [2.75, 3.05) is 53.4 Å². The summed E-state index contributed by atoms with van der Waals surface area (Å²) in [6.07, 6.45) is 7.33. The molecule has 21 heavy (non-hydrogen) atoms. The third-order valence-corrected chi connectivity index (χ3v) is 6.66. The highest BCUT2D eigenvalue weighted by Gasteiger charge is 2.56. The Hall–Kier alpha value is -0.160. The fourth-order valence-corrected chi connectivity index (χ4v) is 4.98. The maximum Gasteiger partial charge on any atom is 0.0601 e. The lowest BCUT2D eigenvalue weighted by Crippen LogP contribution is -2.79. The molecule has 120 valence electrons. The van der Waals surface area contributed by atoms with E-state index >= 15 is 0 Å². The molecule has 0 atom stereocenters. The van der Waals surface area contributed by atoms with Gasteiger partial charge in [0, 0.05) is 44.9 Å². The van der Waals surface area contributed by atoms with E-state index in [2.05, 4.69) is 21.7 Å². The van der Waals surface area contributed by atoms with Gasteiger partial charge in [0.15, 0.2) is 0 Å². The minimum absolute atomic E-state index is 0.544. The SMILES string of the molecule is COC1CC(N2CCC23CN(CC2CCN(C)CC2)C3)C1. The van der Waals surface area contributed by atoms with Crippen LogP contribution in [0.3, 0.4) is 0 Å². The van der Waals surface area contributed by atoms with E-state index in [9.17, 15) is 0 Å². The van der Waals surface area contributed by atoms with Crippen molar-refractivity contribution in [3.63, 3.8) is 0 Å². The van der Waals surface area contributed by atoms with Crippen molar-refractivity contribution < 1.29 is 4.74 Å². The fraction of sp³-hybridized carbons (Fsp3) is 1.00. The Balaban J connectivity index is 1.22. The molecular formula is C17H31N3O. The van der Waals surface area contributed by atoms with Crippen LogP contribution in [0.5, 0.6) is 0 Å². The molecule has 4 heteroatoms. The number of ether oxygens (including phenoxy) is 1. The molecule has 4 rings (SSSR count). The Labute approximate surface area is 129 Å². The van der Waals surface area contributed by atoms with Crippen LogP contribution in [0.2, 0.25) is 0 Å². The molecule has 1 spiro atoms. The van der Waals surface area contributed by atoms with E-state index in [1.807, 2.05) is 7.11 Å². The normalized spacial score (nSPS) is 38.0. The maximum absolute atomic E-state index is 5.44. The van der Waals surface area contributed by atoms with Crippen molar-refractivity contribution in [2.24, 2.45) is 5.92 Å². The Morgan fingerprint density at radius 1 is 1.10 bits per heavy atom. The number of nitrogens with zero attached hydrogens (tertiary/aromatic N) is 3. The standard InChI is InChI=1S/C17H31N3O/c1-18-6-3-14(4-7-18)11-19-12-17(13-19)5-8-20(17)15-9-16(10-15)21-2/h14-16H,3-13H2,1-2H3. The van der Waals surface area contributed by atoms with Gasteiger partial charge < -0.3 is 9.64 Å². The molecule has 3 saturated heterocycles. The first kappa shape index (κ1) is 14.4. The summed E-state index contributed by atoms with van der Waals surface area (Å²) in [6, 6.07) is 0.828. The number of piperidine rings is 1. The molecule has 0 radical (unpaired) electrons. The van der Waals surface area contributed by atoms with Gasteiger partial charge in [-0.2, -0.15) is 0 Å². The van der Waals surface area contributed by atoms with Gasteiger partial charge in [-0.25, -0.2) is 0 Å². The van der Waals surface area contributed by atoms with Crippen LogP contribution in [0.25, 0.3) is 0 Å². The van der Waals surface area contributed by atoms with E-state index in [4.69, 9.17) is 4.74 Å². The van der Waals surface area contributed by atoms with Crippen LogP contribution in [-0.2, 0) is 4.74 Å².